The normalized spacial score (nSPS) is 14.9. The predicted octanol–water partition coefficient (Wildman–Crippen LogP) is 2.89. The Hall–Kier alpha value is -0.570. The summed E-state index contributed by atoms with van der Waals surface area (Å²) in [6.07, 6.45) is 4.23. The predicted molar refractivity (Wildman–Crippen MR) is 67.5 cm³/mol. The number of carbonyl (C=O) groups is 1. The van der Waals surface area contributed by atoms with E-state index in [1.54, 1.807) is 0 Å². The van der Waals surface area contributed by atoms with E-state index in [0.29, 0.717) is 6.61 Å². The highest BCUT2D eigenvalue weighted by molar-refractivity contribution is 5.80. The fraction of sp³-hybridized carbons (Fsp3) is 0.923. The van der Waals surface area contributed by atoms with Crippen molar-refractivity contribution in [2.45, 2.75) is 71.9 Å². The molecule has 96 valence electrons. The molecule has 0 spiro atoms. The molecular formula is C13H27NO2. The monoisotopic (exact) mass is 229 g/mol. The average molecular weight is 229 g/mol. The van der Waals surface area contributed by atoms with Gasteiger partial charge in [-0.3, -0.25) is 10.1 Å². The number of esters is 1. The van der Waals surface area contributed by atoms with Crippen LogP contribution in [0.4, 0.5) is 0 Å². The van der Waals surface area contributed by atoms with E-state index < -0.39 is 5.54 Å². The molecule has 0 heterocycles. The summed E-state index contributed by atoms with van der Waals surface area (Å²) in [7, 11) is 0. The van der Waals surface area contributed by atoms with Crippen molar-refractivity contribution in [3.05, 3.63) is 0 Å². The fourth-order valence-electron chi connectivity index (χ4n) is 1.89. The summed E-state index contributed by atoms with van der Waals surface area (Å²) in [5, 5.41) is 3.33. The lowest BCUT2D eigenvalue weighted by Gasteiger charge is -2.30. The Bertz CT molecular complexity index is 204. The first-order chi connectivity index (χ1) is 7.46. The molecule has 0 aromatic heterocycles. The van der Waals surface area contributed by atoms with Crippen molar-refractivity contribution in [2.24, 2.45) is 0 Å². The quantitative estimate of drug-likeness (QED) is 0.514. The Kier molecular flexibility index (Phi) is 7.39. The van der Waals surface area contributed by atoms with Gasteiger partial charge in [0.15, 0.2) is 0 Å². The van der Waals surface area contributed by atoms with E-state index >= 15 is 0 Å². The Labute approximate surface area is 99.9 Å². The molecule has 16 heavy (non-hydrogen) atoms. The zero-order valence-electron chi connectivity index (χ0n) is 11.4. The second-order valence-electron chi connectivity index (χ2n) is 4.81. The molecule has 0 aliphatic carbocycles. The summed E-state index contributed by atoms with van der Waals surface area (Å²) in [4.78, 5) is 11.9. The molecule has 3 nitrogen and oxygen atoms in total. The third-order valence-electron chi connectivity index (χ3n) is 2.61. The van der Waals surface area contributed by atoms with Gasteiger partial charge in [-0.15, -0.1) is 0 Å². The van der Waals surface area contributed by atoms with Gasteiger partial charge in [0, 0.05) is 6.04 Å². The highest BCUT2D eigenvalue weighted by Crippen LogP contribution is 2.17. The number of unbranched alkanes of at least 4 members (excludes halogenated alkanes) is 2. The van der Waals surface area contributed by atoms with Crippen molar-refractivity contribution in [1.82, 2.24) is 5.32 Å². The van der Waals surface area contributed by atoms with Crippen LogP contribution in [0, 0.1) is 0 Å². The maximum absolute atomic E-state index is 11.9. The van der Waals surface area contributed by atoms with Gasteiger partial charge in [0.25, 0.3) is 0 Å². The van der Waals surface area contributed by atoms with Crippen molar-refractivity contribution in [3.63, 3.8) is 0 Å². The minimum absolute atomic E-state index is 0.125. The second kappa shape index (κ2) is 7.66. The summed E-state index contributed by atoms with van der Waals surface area (Å²) in [6.45, 7) is 10.5. The summed E-state index contributed by atoms with van der Waals surface area (Å²) < 4.78 is 5.14. The molecule has 1 N–H and O–H groups in total. The van der Waals surface area contributed by atoms with Crippen LogP contribution in [0.25, 0.3) is 0 Å². The van der Waals surface area contributed by atoms with Gasteiger partial charge in [0.1, 0.15) is 5.54 Å². The molecule has 0 fully saturated rings. The largest absolute Gasteiger partial charge is 0.465 e. The van der Waals surface area contributed by atoms with Gasteiger partial charge >= 0.3 is 5.97 Å². The van der Waals surface area contributed by atoms with Crippen LogP contribution >= 0.6 is 0 Å². The first-order valence-corrected chi connectivity index (χ1v) is 6.41. The highest BCUT2D eigenvalue weighted by atomic mass is 16.5. The van der Waals surface area contributed by atoms with Crippen molar-refractivity contribution in [3.8, 4) is 0 Å². The summed E-state index contributed by atoms with van der Waals surface area (Å²) >= 11 is 0. The van der Waals surface area contributed by atoms with E-state index in [4.69, 9.17) is 4.74 Å². The van der Waals surface area contributed by atoms with Gasteiger partial charge in [-0.2, -0.15) is 0 Å². The van der Waals surface area contributed by atoms with Gasteiger partial charge in [0.2, 0.25) is 0 Å². The number of carbonyl (C=O) groups excluding carboxylic acids is 1. The van der Waals surface area contributed by atoms with Gasteiger partial charge in [-0.05, 0) is 34.1 Å². The lowest BCUT2D eigenvalue weighted by Crippen LogP contribution is -2.53. The first kappa shape index (κ1) is 15.4. The van der Waals surface area contributed by atoms with E-state index in [1.165, 1.54) is 6.42 Å². The molecule has 0 amide bonds. The maximum Gasteiger partial charge on any atom is 0.326 e. The SMILES string of the molecule is CCCCCC(C)(NC(C)C)C(=O)OCC. The van der Waals surface area contributed by atoms with Gasteiger partial charge < -0.3 is 4.74 Å². The molecule has 0 aromatic rings. The van der Waals surface area contributed by atoms with Crippen LogP contribution in [0.2, 0.25) is 0 Å². The van der Waals surface area contributed by atoms with Crippen LogP contribution in [-0.4, -0.2) is 24.2 Å². The van der Waals surface area contributed by atoms with Crippen LogP contribution in [0.3, 0.4) is 0 Å². The lowest BCUT2D eigenvalue weighted by molar-refractivity contribution is -0.151. The molecule has 1 unspecified atom stereocenters. The second-order valence-corrected chi connectivity index (χ2v) is 4.81. The standard InChI is InChI=1S/C13H27NO2/c1-6-8-9-10-13(5,14-11(3)4)12(15)16-7-2/h11,14H,6-10H2,1-5H3. The molecule has 3 heteroatoms. The molecular weight excluding hydrogens is 202 g/mol. The van der Waals surface area contributed by atoms with E-state index in [9.17, 15) is 4.79 Å². The van der Waals surface area contributed by atoms with Crippen molar-refractivity contribution in [1.29, 1.82) is 0 Å². The number of ether oxygens (including phenoxy) is 1. The van der Waals surface area contributed by atoms with Crippen LogP contribution in [0.15, 0.2) is 0 Å². The van der Waals surface area contributed by atoms with Crippen LogP contribution in [-0.2, 0) is 9.53 Å². The summed E-state index contributed by atoms with van der Waals surface area (Å²) in [6, 6.07) is 0.288. The Morgan fingerprint density at radius 2 is 1.94 bits per heavy atom. The molecule has 0 rings (SSSR count). The molecule has 0 aliphatic rings. The average Bonchev–Trinajstić information content (AvgIpc) is 2.17. The molecule has 0 bridgehead atoms. The molecule has 0 aromatic carbocycles. The van der Waals surface area contributed by atoms with Crippen molar-refractivity contribution >= 4 is 5.97 Å². The molecule has 1 atom stereocenters. The van der Waals surface area contributed by atoms with Crippen molar-refractivity contribution < 1.29 is 9.53 Å². The molecule has 0 aliphatic heterocycles. The van der Waals surface area contributed by atoms with Crippen LogP contribution in [0.5, 0.6) is 0 Å². The van der Waals surface area contributed by atoms with E-state index in [1.807, 2.05) is 13.8 Å². The highest BCUT2D eigenvalue weighted by Gasteiger charge is 2.34. The molecule has 0 saturated heterocycles. The van der Waals surface area contributed by atoms with Gasteiger partial charge in [0.05, 0.1) is 6.61 Å². The minimum atomic E-state index is -0.528. The summed E-state index contributed by atoms with van der Waals surface area (Å²) in [5.41, 5.74) is -0.528. The van der Waals surface area contributed by atoms with Gasteiger partial charge in [-0.1, -0.05) is 26.2 Å². The van der Waals surface area contributed by atoms with E-state index in [0.717, 1.165) is 19.3 Å². The van der Waals surface area contributed by atoms with Crippen LogP contribution in [0.1, 0.15) is 60.3 Å². The Morgan fingerprint density at radius 3 is 2.38 bits per heavy atom. The summed E-state index contributed by atoms with van der Waals surface area (Å²) in [5.74, 6) is -0.125. The van der Waals surface area contributed by atoms with Crippen LogP contribution < -0.4 is 5.32 Å². The maximum atomic E-state index is 11.9. The molecule has 0 radical (unpaired) electrons. The third kappa shape index (κ3) is 5.50. The lowest BCUT2D eigenvalue weighted by atomic mass is 9.93. The number of hydrogen-bond acceptors (Lipinski definition) is 3. The van der Waals surface area contributed by atoms with E-state index in [2.05, 4.69) is 26.1 Å². The smallest absolute Gasteiger partial charge is 0.326 e. The van der Waals surface area contributed by atoms with Crippen molar-refractivity contribution in [2.75, 3.05) is 6.61 Å². The fourth-order valence-corrected chi connectivity index (χ4v) is 1.89. The third-order valence-corrected chi connectivity index (χ3v) is 2.61. The zero-order chi connectivity index (χ0) is 12.6. The Morgan fingerprint density at radius 1 is 1.31 bits per heavy atom. The minimum Gasteiger partial charge on any atom is -0.465 e. The zero-order valence-corrected chi connectivity index (χ0v) is 11.4. The number of hydrogen-bond donors (Lipinski definition) is 1. The number of rotatable bonds is 8. The van der Waals surface area contributed by atoms with E-state index in [-0.39, 0.29) is 12.0 Å². The molecule has 0 saturated carbocycles. The van der Waals surface area contributed by atoms with Gasteiger partial charge in [-0.25, -0.2) is 0 Å². The topological polar surface area (TPSA) is 38.3 Å². The number of nitrogens with one attached hydrogen (secondary N) is 1. The first-order valence-electron chi connectivity index (χ1n) is 6.41. The Balaban J connectivity index is 4.40.